The van der Waals surface area contributed by atoms with Gasteiger partial charge in [0.05, 0.1) is 15.6 Å². The molecule has 0 spiro atoms. The monoisotopic (exact) mass is 366 g/mol. The highest BCUT2D eigenvalue weighted by molar-refractivity contribution is 6.42. The lowest BCUT2D eigenvalue weighted by Crippen LogP contribution is -2.17. The van der Waals surface area contributed by atoms with Crippen molar-refractivity contribution in [3.05, 3.63) is 57.6 Å². The molecule has 1 aliphatic rings. The molecule has 24 heavy (non-hydrogen) atoms. The number of ketones is 1. The molecule has 0 saturated heterocycles. The minimum Gasteiger partial charge on any atom is -0.486 e. The van der Waals surface area contributed by atoms with Gasteiger partial charge >= 0.3 is 5.97 Å². The van der Waals surface area contributed by atoms with Crippen LogP contribution in [0.25, 0.3) is 0 Å². The van der Waals surface area contributed by atoms with Crippen molar-refractivity contribution in [1.29, 1.82) is 0 Å². The first-order chi connectivity index (χ1) is 11.5. The molecule has 0 N–H and O–H groups in total. The van der Waals surface area contributed by atoms with Crippen molar-refractivity contribution in [2.75, 3.05) is 19.8 Å². The van der Waals surface area contributed by atoms with Crippen LogP contribution in [0.5, 0.6) is 11.5 Å². The van der Waals surface area contributed by atoms with Gasteiger partial charge in [-0.1, -0.05) is 23.2 Å². The molecule has 0 bridgehead atoms. The molecule has 5 nitrogen and oxygen atoms in total. The van der Waals surface area contributed by atoms with E-state index < -0.39 is 12.6 Å². The van der Waals surface area contributed by atoms with Crippen LogP contribution >= 0.6 is 23.2 Å². The van der Waals surface area contributed by atoms with Gasteiger partial charge in [-0.05, 0) is 36.4 Å². The summed E-state index contributed by atoms with van der Waals surface area (Å²) in [5.41, 5.74) is 0.598. The van der Waals surface area contributed by atoms with Gasteiger partial charge in [0.1, 0.15) is 13.2 Å². The summed E-state index contributed by atoms with van der Waals surface area (Å²) in [6, 6.07) is 9.18. The van der Waals surface area contributed by atoms with E-state index in [0.29, 0.717) is 35.3 Å². The van der Waals surface area contributed by atoms with Gasteiger partial charge in [0.15, 0.2) is 23.9 Å². The van der Waals surface area contributed by atoms with Crippen LogP contribution in [-0.2, 0) is 4.74 Å². The Hall–Kier alpha value is -2.24. The van der Waals surface area contributed by atoms with Crippen LogP contribution in [0.1, 0.15) is 20.7 Å². The third kappa shape index (κ3) is 3.63. The molecule has 0 aromatic heterocycles. The Morgan fingerprint density at radius 3 is 2.38 bits per heavy atom. The summed E-state index contributed by atoms with van der Waals surface area (Å²) in [7, 11) is 0. The van der Waals surface area contributed by atoms with Gasteiger partial charge < -0.3 is 14.2 Å². The fraction of sp³-hybridized carbons (Fsp3) is 0.176. The van der Waals surface area contributed by atoms with Crippen molar-refractivity contribution < 1.29 is 23.8 Å². The molecule has 0 amide bonds. The first-order valence-electron chi connectivity index (χ1n) is 7.09. The average Bonchev–Trinajstić information content (AvgIpc) is 2.61. The Balaban J connectivity index is 1.64. The maximum atomic E-state index is 12.2. The molecule has 0 aliphatic carbocycles. The molecule has 0 saturated carbocycles. The third-order valence-corrected chi connectivity index (χ3v) is 4.09. The topological polar surface area (TPSA) is 61.8 Å². The van der Waals surface area contributed by atoms with Gasteiger partial charge in [-0.2, -0.15) is 0 Å². The number of halogens is 2. The number of hydrogen-bond donors (Lipinski definition) is 0. The fourth-order valence-electron chi connectivity index (χ4n) is 2.14. The number of carbonyl (C=O) groups is 2. The Morgan fingerprint density at radius 2 is 1.62 bits per heavy atom. The molecule has 1 heterocycles. The van der Waals surface area contributed by atoms with E-state index in [0.717, 1.165) is 0 Å². The Kier molecular flexibility index (Phi) is 4.92. The van der Waals surface area contributed by atoms with E-state index in [1.54, 1.807) is 18.2 Å². The summed E-state index contributed by atoms with van der Waals surface area (Å²) in [4.78, 5) is 24.1. The minimum absolute atomic E-state index is 0.222. The molecule has 3 rings (SSSR count). The first kappa shape index (κ1) is 16.6. The second-order valence-electron chi connectivity index (χ2n) is 4.99. The van der Waals surface area contributed by atoms with Gasteiger partial charge in [0.25, 0.3) is 0 Å². The zero-order chi connectivity index (χ0) is 17.1. The summed E-state index contributed by atoms with van der Waals surface area (Å²) in [6.45, 7) is 0.511. The second-order valence-corrected chi connectivity index (χ2v) is 5.80. The molecule has 1 aliphatic heterocycles. The molecule has 124 valence electrons. The van der Waals surface area contributed by atoms with Crippen molar-refractivity contribution in [3.63, 3.8) is 0 Å². The second kappa shape index (κ2) is 7.11. The average molecular weight is 367 g/mol. The zero-order valence-electron chi connectivity index (χ0n) is 12.4. The van der Waals surface area contributed by atoms with Crippen LogP contribution in [-0.4, -0.2) is 31.6 Å². The van der Waals surface area contributed by atoms with E-state index in [4.69, 9.17) is 37.4 Å². The van der Waals surface area contributed by atoms with Crippen molar-refractivity contribution >= 4 is 35.0 Å². The normalized spacial score (nSPS) is 12.6. The Morgan fingerprint density at radius 1 is 0.917 bits per heavy atom. The highest BCUT2D eigenvalue weighted by atomic mass is 35.5. The zero-order valence-corrected chi connectivity index (χ0v) is 13.9. The SMILES string of the molecule is O=C(COC(=O)c1ccc(Cl)c(Cl)c1)c1ccc2c(c1)OCCO2. The standard InChI is InChI=1S/C17H12Cl2O5/c18-12-3-1-11(7-13(12)19)17(21)24-9-14(20)10-2-4-15-16(8-10)23-6-5-22-15/h1-4,7-8H,5-6,9H2. The largest absolute Gasteiger partial charge is 0.486 e. The third-order valence-electron chi connectivity index (χ3n) is 3.35. The molecule has 2 aromatic carbocycles. The lowest BCUT2D eigenvalue weighted by atomic mass is 10.1. The number of fused-ring (bicyclic) bond motifs is 1. The van der Waals surface area contributed by atoms with Crippen molar-refractivity contribution in [3.8, 4) is 11.5 Å². The Labute approximate surface area is 148 Å². The van der Waals surface area contributed by atoms with E-state index in [1.165, 1.54) is 18.2 Å². The van der Waals surface area contributed by atoms with Gasteiger partial charge in [-0.15, -0.1) is 0 Å². The number of Topliss-reactive ketones (excluding diaryl/α,β-unsaturated/α-hetero) is 1. The van der Waals surface area contributed by atoms with Crippen LogP contribution in [0, 0.1) is 0 Å². The van der Waals surface area contributed by atoms with Crippen molar-refractivity contribution in [2.24, 2.45) is 0 Å². The number of carbonyl (C=O) groups excluding carboxylic acids is 2. The quantitative estimate of drug-likeness (QED) is 0.608. The molecule has 0 radical (unpaired) electrons. The van der Waals surface area contributed by atoms with E-state index in [1.807, 2.05) is 0 Å². The molecule has 0 unspecified atom stereocenters. The van der Waals surface area contributed by atoms with Gasteiger partial charge in [0, 0.05) is 5.56 Å². The lowest BCUT2D eigenvalue weighted by Gasteiger charge is -2.18. The molecule has 2 aromatic rings. The molecular formula is C17H12Cl2O5. The van der Waals surface area contributed by atoms with Crippen molar-refractivity contribution in [1.82, 2.24) is 0 Å². The number of hydrogen-bond acceptors (Lipinski definition) is 5. The summed E-state index contributed by atoms with van der Waals surface area (Å²) in [5.74, 6) is 0.0911. The molecular weight excluding hydrogens is 355 g/mol. The summed E-state index contributed by atoms with van der Waals surface area (Å²) < 4.78 is 15.8. The first-order valence-corrected chi connectivity index (χ1v) is 7.85. The van der Waals surface area contributed by atoms with Gasteiger partial charge in [-0.3, -0.25) is 4.79 Å². The molecule has 0 atom stereocenters. The van der Waals surface area contributed by atoms with Gasteiger partial charge in [-0.25, -0.2) is 4.79 Å². The fourth-order valence-corrected chi connectivity index (χ4v) is 2.44. The predicted octanol–water partition coefficient (Wildman–Crippen LogP) is 3.80. The maximum Gasteiger partial charge on any atom is 0.338 e. The minimum atomic E-state index is -0.653. The molecule has 0 fully saturated rings. The summed E-state index contributed by atoms with van der Waals surface area (Å²) in [5, 5.41) is 0.574. The van der Waals surface area contributed by atoms with E-state index in [-0.39, 0.29) is 16.4 Å². The summed E-state index contributed by atoms with van der Waals surface area (Å²) >= 11 is 11.6. The number of benzene rings is 2. The highest BCUT2D eigenvalue weighted by Crippen LogP contribution is 2.31. The van der Waals surface area contributed by atoms with Crippen LogP contribution in [0.3, 0.4) is 0 Å². The molecule has 7 heteroatoms. The van der Waals surface area contributed by atoms with Crippen LogP contribution in [0.2, 0.25) is 10.0 Å². The number of esters is 1. The summed E-state index contributed by atoms with van der Waals surface area (Å²) in [6.07, 6.45) is 0. The van der Waals surface area contributed by atoms with Crippen LogP contribution < -0.4 is 9.47 Å². The lowest BCUT2D eigenvalue weighted by molar-refractivity contribution is 0.0474. The van der Waals surface area contributed by atoms with E-state index in [2.05, 4.69) is 0 Å². The number of rotatable bonds is 4. The van der Waals surface area contributed by atoms with E-state index in [9.17, 15) is 9.59 Å². The predicted molar refractivity (Wildman–Crippen MR) is 88.5 cm³/mol. The Bertz CT molecular complexity index is 804. The smallest absolute Gasteiger partial charge is 0.338 e. The van der Waals surface area contributed by atoms with Crippen LogP contribution in [0.15, 0.2) is 36.4 Å². The van der Waals surface area contributed by atoms with Crippen molar-refractivity contribution in [2.45, 2.75) is 0 Å². The highest BCUT2D eigenvalue weighted by Gasteiger charge is 2.17. The van der Waals surface area contributed by atoms with E-state index >= 15 is 0 Å². The number of ether oxygens (including phenoxy) is 3. The van der Waals surface area contributed by atoms with Crippen LogP contribution in [0.4, 0.5) is 0 Å². The van der Waals surface area contributed by atoms with Gasteiger partial charge in [0.2, 0.25) is 0 Å². The maximum absolute atomic E-state index is 12.2.